The Morgan fingerprint density at radius 1 is 1.00 bits per heavy atom. The van der Waals surface area contributed by atoms with Crippen LogP contribution in [0.5, 0.6) is 5.75 Å². The lowest BCUT2D eigenvalue weighted by Crippen LogP contribution is -2.40. The van der Waals surface area contributed by atoms with Crippen LogP contribution in [0.15, 0.2) is 71.6 Å². The van der Waals surface area contributed by atoms with Crippen molar-refractivity contribution in [2.45, 2.75) is 18.4 Å². The molecule has 9 heteroatoms. The molecule has 0 unspecified atom stereocenters. The molecule has 168 valence electrons. The third-order valence-corrected chi connectivity index (χ3v) is 7.12. The van der Waals surface area contributed by atoms with Gasteiger partial charge in [0.2, 0.25) is 5.91 Å². The first-order valence-electron chi connectivity index (χ1n) is 9.65. The third-order valence-electron chi connectivity index (χ3n) is 4.75. The predicted octanol–water partition coefficient (Wildman–Crippen LogP) is 4.82. The highest BCUT2D eigenvalue weighted by Crippen LogP contribution is 2.26. The molecule has 32 heavy (non-hydrogen) atoms. The fourth-order valence-electron chi connectivity index (χ4n) is 2.95. The Bertz CT molecular complexity index is 1200. The summed E-state index contributed by atoms with van der Waals surface area (Å²) < 4.78 is 33.0. The van der Waals surface area contributed by atoms with Crippen LogP contribution in [-0.4, -0.2) is 28.0 Å². The molecule has 0 atom stereocenters. The maximum absolute atomic E-state index is 13.4. The number of hydrogen-bond donors (Lipinski definition) is 1. The van der Waals surface area contributed by atoms with Crippen molar-refractivity contribution >= 4 is 44.8 Å². The molecule has 1 amide bonds. The summed E-state index contributed by atoms with van der Waals surface area (Å²) in [5.41, 5.74) is 1.94. The summed E-state index contributed by atoms with van der Waals surface area (Å²) in [7, 11) is -2.48. The van der Waals surface area contributed by atoms with E-state index in [1.165, 1.54) is 19.2 Å². The number of sulfonamides is 1. The number of hydrogen-bond acceptors (Lipinski definition) is 4. The van der Waals surface area contributed by atoms with E-state index in [9.17, 15) is 13.2 Å². The Balaban J connectivity index is 1.86. The van der Waals surface area contributed by atoms with Gasteiger partial charge in [-0.25, -0.2) is 8.42 Å². The van der Waals surface area contributed by atoms with Crippen molar-refractivity contribution < 1.29 is 17.9 Å². The zero-order chi connectivity index (χ0) is 23.3. The van der Waals surface area contributed by atoms with Crippen LogP contribution >= 0.6 is 23.2 Å². The molecule has 3 aromatic carbocycles. The number of benzene rings is 3. The van der Waals surface area contributed by atoms with Crippen LogP contribution < -0.4 is 14.4 Å². The average molecular weight is 493 g/mol. The second-order valence-electron chi connectivity index (χ2n) is 7.04. The first-order valence-corrected chi connectivity index (χ1v) is 11.8. The number of nitrogens with zero attached hydrogens (tertiary/aromatic N) is 1. The molecule has 0 bridgehead atoms. The van der Waals surface area contributed by atoms with Gasteiger partial charge < -0.3 is 10.1 Å². The minimum atomic E-state index is -3.99. The zero-order valence-corrected chi connectivity index (χ0v) is 19.8. The summed E-state index contributed by atoms with van der Waals surface area (Å²) in [5, 5.41) is 3.62. The Morgan fingerprint density at radius 3 is 2.25 bits per heavy atom. The maximum Gasteiger partial charge on any atom is 0.264 e. The second kappa shape index (κ2) is 10.3. The van der Waals surface area contributed by atoms with Crippen molar-refractivity contribution in [1.29, 1.82) is 0 Å². The van der Waals surface area contributed by atoms with Crippen molar-refractivity contribution in [3.63, 3.8) is 0 Å². The summed E-state index contributed by atoms with van der Waals surface area (Å²) in [4.78, 5) is 12.8. The molecular formula is C23H22Cl2N2O4S. The molecule has 0 radical (unpaired) electrons. The lowest BCUT2D eigenvalue weighted by atomic mass is 10.2. The number of anilines is 1. The highest BCUT2D eigenvalue weighted by Gasteiger charge is 2.27. The molecule has 0 aliphatic carbocycles. The number of methoxy groups -OCH3 is 1. The Labute approximate surface area is 197 Å². The van der Waals surface area contributed by atoms with Gasteiger partial charge in [-0.3, -0.25) is 9.10 Å². The molecule has 0 aliphatic rings. The quantitative estimate of drug-likeness (QED) is 0.488. The molecule has 0 saturated heterocycles. The van der Waals surface area contributed by atoms with Gasteiger partial charge >= 0.3 is 0 Å². The van der Waals surface area contributed by atoms with E-state index in [0.717, 1.165) is 9.87 Å². The first-order chi connectivity index (χ1) is 15.2. The molecule has 0 fully saturated rings. The van der Waals surface area contributed by atoms with E-state index < -0.39 is 22.5 Å². The van der Waals surface area contributed by atoms with Crippen molar-refractivity contribution in [1.82, 2.24) is 5.32 Å². The number of halogens is 2. The van der Waals surface area contributed by atoms with Gasteiger partial charge in [-0.1, -0.05) is 47.0 Å². The highest BCUT2D eigenvalue weighted by molar-refractivity contribution is 7.92. The predicted molar refractivity (Wildman–Crippen MR) is 127 cm³/mol. The van der Waals surface area contributed by atoms with Crippen molar-refractivity contribution in [2.24, 2.45) is 0 Å². The summed E-state index contributed by atoms with van der Waals surface area (Å²) >= 11 is 12.1. The topological polar surface area (TPSA) is 75.7 Å². The number of carbonyl (C=O) groups is 1. The number of amides is 1. The lowest BCUT2D eigenvalue weighted by Gasteiger charge is -2.24. The molecule has 3 aromatic rings. The summed E-state index contributed by atoms with van der Waals surface area (Å²) in [5.74, 6) is 0.0887. The van der Waals surface area contributed by atoms with Crippen molar-refractivity contribution in [3.05, 3.63) is 87.9 Å². The van der Waals surface area contributed by atoms with Crippen LogP contribution in [-0.2, 0) is 21.4 Å². The molecule has 1 N–H and O–H groups in total. The highest BCUT2D eigenvalue weighted by atomic mass is 35.5. The number of carbonyl (C=O) groups excluding carboxylic acids is 1. The Hall–Kier alpha value is -2.74. The molecule has 0 aromatic heterocycles. The second-order valence-corrected chi connectivity index (χ2v) is 9.74. The van der Waals surface area contributed by atoms with E-state index in [4.69, 9.17) is 27.9 Å². The molecule has 0 aliphatic heterocycles. The van der Waals surface area contributed by atoms with E-state index in [1.54, 1.807) is 54.6 Å². The number of nitrogens with one attached hydrogen (secondary N) is 1. The fourth-order valence-corrected chi connectivity index (χ4v) is 4.84. The van der Waals surface area contributed by atoms with Crippen LogP contribution in [0, 0.1) is 6.92 Å². The molecular weight excluding hydrogens is 471 g/mol. The average Bonchev–Trinajstić information content (AvgIpc) is 2.77. The fraction of sp³-hybridized carbons (Fsp3) is 0.174. The van der Waals surface area contributed by atoms with E-state index in [-0.39, 0.29) is 11.4 Å². The Kier molecular flexibility index (Phi) is 7.66. The van der Waals surface area contributed by atoms with E-state index in [1.807, 2.05) is 6.92 Å². The van der Waals surface area contributed by atoms with Gasteiger partial charge in [0.25, 0.3) is 10.0 Å². The maximum atomic E-state index is 13.4. The monoisotopic (exact) mass is 492 g/mol. The van der Waals surface area contributed by atoms with Crippen LogP contribution in [0.3, 0.4) is 0 Å². The van der Waals surface area contributed by atoms with Crippen LogP contribution in [0.4, 0.5) is 5.69 Å². The van der Waals surface area contributed by atoms with Gasteiger partial charge in [-0.15, -0.1) is 0 Å². The lowest BCUT2D eigenvalue weighted by molar-refractivity contribution is -0.119. The van der Waals surface area contributed by atoms with Gasteiger partial charge in [0.1, 0.15) is 12.3 Å². The smallest absolute Gasteiger partial charge is 0.264 e. The number of aryl methyl sites for hydroxylation is 1. The summed E-state index contributed by atoms with van der Waals surface area (Å²) in [6.07, 6.45) is 0. The van der Waals surface area contributed by atoms with E-state index in [2.05, 4.69) is 5.32 Å². The number of rotatable bonds is 8. The van der Waals surface area contributed by atoms with Crippen LogP contribution in [0.25, 0.3) is 0 Å². The first kappa shape index (κ1) is 23.9. The SMILES string of the molecule is COc1ccc(N(CC(=O)NCc2ccc(Cl)cc2Cl)S(=O)(=O)c2ccc(C)cc2)cc1. The van der Waals surface area contributed by atoms with Gasteiger partial charge in [-0.2, -0.15) is 0 Å². The van der Waals surface area contributed by atoms with Gasteiger partial charge in [-0.05, 0) is 61.0 Å². The van der Waals surface area contributed by atoms with Crippen LogP contribution in [0.2, 0.25) is 10.0 Å². The Morgan fingerprint density at radius 2 is 1.66 bits per heavy atom. The minimum absolute atomic E-state index is 0.0902. The van der Waals surface area contributed by atoms with Crippen molar-refractivity contribution in [3.8, 4) is 5.75 Å². The van der Waals surface area contributed by atoms with Gasteiger partial charge in [0.05, 0.1) is 17.7 Å². The normalized spacial score (nSPS) is 11.1. The van der Waals surface area contributed by atoms with Gasteiger partial charge in [0, 0.05) is 16.6 Å². The standard InChI is InChI=1S/C23H22Cl2N2O4S/c1-16-3-11-21(12-4-16)32(29,30)27(19-7-9-20(31-2)10-8-19)15-23(28)26-14-17-5-6-18(24)13-22(17)25/h3-13H,14-15H2,1-2H3,(H,26,28). The number of ether oxygens (including phenoxy) is 1. The van der Waals surface area contributed by atoms with Gasteiger partial charge in [0.15, 0.2) is 0 Å². The molecule has 0 saturated carbocycles. The largest absolute Gasteiger partial charge is 0.497 e. The summed E-state index contributed by atoms with van der Waals surface area (Å²) in [6, 6.07) is 17.9. The molecule has 0 spiro atoms. The molecule has 3 rings (SSSR count). The van der Waals surface area contributed by atoms with E-state index in [0.29, 0.717) is 27.0 Å². The minimum Gasteiger partial charge on any atom is -0.497 e. The summed E-state index contributed by atoms with van der Waals surface area (Å²) in [6.45, 7) is 1.59. The van der Waals surface area contributed by atoms with Crippen molar-refractivity contribution in [2.75, 3.05) is 18.0 Å². The zero-order valence-electron chi connectivity index (χ0n) is 17.5. The van der Waals surface area contributed by atoms with E-state index >= 15 is 0 Å². The molecule has 0 heterocycles. The third kappa shape index (κ3) is 5.73. The van der Waals surface area contributed by atoms with Crippen LogP contribution in [0.1, 0.15) is 11.1 Å². The molecule has 6 nitrogen and oxygen atoms in total.